The van der Waals surface area contributed by atoms with E-state index in [-0.39, 0.29) is 64.2 Å². The molecule has 0 aliphatic carbocycles. The summed E-state index contributed by atoms with van der Waals surface area (Å²) in [7, 11) is -15.3. The van der Waals surface area contributed by atoms with Gasteiger partial charge in [0.05, 0.1) is 44.3 Å². The Bertz CT molecular complexity index is 2490. The molecule has 4 rings (SSSR count). The van der Waals surface area contributed by atoms with Crippen molar-refractivity contribution in [1.82, 2.24) is 4.72 Å². The Morgan fingerprint density at radius 1 is 0.803 bits per heavy atom. The van der Waals surface area contributed by atoms with Gasteiger partial charge in [0, 0.05) is 80.4 Å². The van der Waals surface area contributed by atoms with Crippen LogP contribution in [0.3, 0.4) is 0 Å². The summed E-state index contributed by atoms with van der Waals surface area (Å²) in [6.07, 6.45) is 6.78. The van der Waals surface area contributed by atoms with Gasteiger partial charge in [0.25, 0.3) is 0 Å². The molecule has 0 bridgehead atoms. The number of ether oxygens (including phenoxy) is 2. The quantitative estimate of drug-likeness (QED) is 0.0822. The number of rotatable bonds is 25. The van der Waals surface area contributed by atoms with Crippen LogP contribution < -0.4 is 9.62 Å². The van der Waals surface area contributed by atoms with Crippen molar-refractivity contribution in [2.45, 2.75) is 85.8 Å². The fourth-order valence-corrected chi connectivity index (χ4v) is 10.7. The first kappa shape index (κ1) is 50.1. The van der Waals surface area contributed by atoms with Gasteiger partial charge in [0.1, 0.15) is 26.8 Å². The molecule has 0 saturated heterocycles. The minimum atomic E-state index is -4.92. The number of unbranched alkanes of at least 4 members (excludes halogenated alkanes) is 2. The maximum Gasteiger partial charge on any atom is 0.303 e. The van der Waals surface area contributed by atoms with Crippen molar-refractivity contribution in [3.05, 3.63) is 71.5 Å². The van der Waals surface area contributed by atoms with Crippen molar-refractivity contribution >= 4 is 63.4 Å². The summed E-state index contributed by atoms with van der Waals surface area (Å²) in [5.41, 5.74) is 0.860. The number of aliphatic carboxylic acids is 1. The second-order valence-electron chi connectivity index (χ2n) is 15.4. The number of carbonyl (C=O) groups is 1. The lowest BCUT2D eigenvalue weighted by molar-refractivity contribution is -0.438. The van der Waals surface area contributed by atoms with Crippen molar-refractivity contribution in [3.8, 4) is 0 Å². The van der Waals surface area contributed by atoms with E-state index in [1.165, 1.54) is 50.6 Å². The third-order valence-corrected chi connectivity index (χ3v) is 15.0. The molecule has 2 aromatic rings. The molecule has 340 valence electrons. The Hall–Kier alpha value is -3.58. The topological polar surface area (TPSA) is 280 Å². The van der Waals surface area contributed by atoms with Crippen LogP contribution in [0.5, 0.6) is 0 Å². The molecule has 2 N–H and O–H groups in total. The molecule has 61 heavy (non-hydrogen) atoms. The molecule has 0 saturated carbocycles. The number of allylic oxidation sites excluding steroid dienone is 4. The molecule has 2 unspecified atom stereocenters. The molecule has 0 radical (unpaired) electrons. The van der Waals surface area contributed by atoms with E-state index >= 15 is 0 Å². The molecule has 0 amide bonds. The van der Waals surface area contributed by atoms with Gasteiger partial charge in [-0.3, -0.25) is 4.79 Å². The van der Waals surface area contributed by atoms with Crippen LogP contribution in [0.1, 0.15) is 76.3 Å². The van der Waals surface area contributed by atoms with Gasteiger partial charge in [-0.1, -0.05) is 6.08 Å². The summed E-state index contributed by atoms with van der Waals surface area (Å²) in [4.78, 5) is 12.1. The first-order chi connectivity index (χ1) is 28.4. The van der Waals surface area contributed by atoms with Crippen LogP contribution in [0.15, 0.2) is 70.1 Å². The van der Waals surface area contributed by atoms with Gasteiger partial charge < -0.3 is 33.1 Å². The molecule has 2 aromatic carbocycles. The molecule has 22 heteroatoms. The second-order valence-corrected chi connectivity index (χ2v) is 21.6. The Labute approximate surface area is 358 Å². The number of nitrogens with zero attached hydrogens (tertiary/aromatic N) is 2. The van der Waals surface area contributed by atoms with Crippen LogP contribution in [0.2, 0.25) is 0 Å². The molecular formula is C39H53N3O15S4-2. The molecular weight excluding hydrogens is 879 g/mol. The predicted molar refractivity (Wildman–Crippen MR) is 223 cm³/mol. The van der Waals surface area contributed by atoms with Crippen molar-refractivity contribution in [3.63, 3.8) is 0 Å². The number of methoxy groups -OCH3 is 2. The van der Waals surface area contributed by atoms with E-state index in [9.17, 15) is 57.2 Å². The van der Waals surface area contributed by atoms with Gasteiger partial charge in [-0.25, -0.2) is 38.4 Å². The lowest BCUT2D eigenvalue weighted by Crippen LogP contribution is -2.34. The molecule has 0 fully saturated rings. The largest absolute Gasteiger partial charge is 0.748 e. The van der Waals surface area contributed by atoms with Crippen molar-refractivity contribution in [2.24, 2.45) is 0 Å². The summed E-state index contributed by atoms with van der Waals surface area (Å²) in [6, 6.07) is 7.92. The maximum absolute atomic E-state index is 12.9. The van der Waals surface area contributed by atoms with Crippen LogP contribution in [0.25, 0.3) is 0 Å². The monoisotopic (exact) mass is 931 g/mol. The summed E-state index contributed by atoms with van der Waals surface area (Å²) < 4.78 is 149. The number of hydrogen-bond donors (Lipinski definition) is 2. The molecule has 2 heterocycles. The maximum atomic E-state index is 12.9. The smallest absolute Gasteiger partial charge is 0.303 e. The van der Waals surface area contributed by atoms with Gasteiger partial charge in [-0.15, -0.1) is 0 Å². The molecule has 2 atom stereocenters. The number of hydrogen-bond acceptors (Lipinski definition) is 15. The zero-order chi connectivity index (χ0) is 45.4. The Morgan fingerprint density at radius 2 is 1.41 bits per heavy atom. The normalized spacial score (nSPS) is 20.2. The molecule has 2 aliphatic heterocycles. The number of fused-ring (bicyclic) bond motifs is 2. The minimum absolute atomic E-state index is 0.0420. The second kappa shape index (κ2) is 20.3. The summed E-state index contributed by atoms with van der Waals surface area (Å²) in [5, 5.41) is 9.19. The first-order valence-corrected chi connectivity index (χ1v) is 25.6. The fraction of sp³-hybridized carbons (Fsp3) is 0.538. The van der Waals surface area contributed by atoms with Crippen LogP contribution in [0, 0.1) is 0 Å². The molecule has 0 aromatic heterocycles. The van der Waals surface area contributed by atoms with Crippen LogP contribution >= 0.6 is 0 Å². The van der Waals surface area contributed by atoms with Gasteiger partial charge in [-0.2, -0.15) is 4.58 Å². The summed E-state index contributed by atoms with van der Waals surface area (Å²) in [6.45, 7) is 4.53. The number of carboxylic acid groups (broad SMARTS) is 1. The third kappa shape index (κ3) is 12.8. The Kier molecular flexibility index (Phi) is 16.7. The average Bonchev–Trinajstić information content (AvgIpc) is 3.52. The lowest BCUT2D eigenvalue weighted by Gasteiger charge is -2.30. The number of carboxylic acids is 1. The number of nitrogens with one attached hydrogen (secondary N) is 1. The Balaban J connectivity index is 1.91. The highest BCUT2D eigenvalue weighted by molar-refractivity contribution is 7.89. The van der Waals surface area contributed by atoms with E-state index in [1.807, 2.05) is 16.4 Å². The Morgan fingerprint density at radius 3 is 2.02 bits per heavy atom. The van der Waals surface area contributed by atoms with Gasteiger partial charge in [-0.05, 0) is 94.3 Å². The van der Waals surface area contributed by atoms with Crippen LogP contribution in [-0.4, -0.2) is 127 Å². The summed E-state index contributed by atoms with van der Waals surface area (Å²) >= 11 is 0. The van der Waals surface area contributed by atoms with E-state index < -0.39 is 72.7 Å². The SMILES string of the molecule is COCCNS(=O)(=O)CCCC1(C)C(/C=C/C=C2/N(CCOC)c3ccc(S(=O)(=O)[O-])cc3C2(C)CCCS(=O)(=O)[O-])=[N+](CCCCCC(=O)O)c2ccc(S(=O)(=O)[O-])cc21. The van der Waals surface area contributed by atoms with E-state index in [4.69, 9.17) is 9.47 Å². The zero-order valence-corrected chi connectivity index (χ0v) is 37.8. The third-order valence-electron chi connectivity index (χ3n) is 11.1. The fourth-order valence-electron chi connectivity index (χ4n) is 8.11. The minimum Gasteiger partial charge on any atom is -0.748 e. The lowest BCUT2D eigenvalue weighted by atomic mass is 9.75. The predicted octanol–water partition coefficient (Wildman–Crippen LogP) is 3.03. The van der Waals surface area contributed by atoms with Crippen LogP contribution in [0.4, 0.5) is 11.4 Å². The highest BCUT2D eigenvalue weighted by atomic mass is 32.2. The number of anilines is 1. The van der Waals surface area contributed by atoms with E-state index in [0.29, 0.717) is 59.7 Å². The van der Waals surface area contributed by atoms with Crippen molar-refractivity contribution in [1.29, 1.82) is 0 Å². The zero-order valence-electron chi connectivity index (χ0n) is 34.5. The molecule has 2 aliphatic rings. The van der Waals surface area contributed by atoms with Crippen molar-refractivity contribution in [2.75, 3.05) is 63.5 Å². The highest BCUT2D eigenvalue weighted by Crippen LogP contribution is 2.51. The van der Waals surface area contributed by atoms with Gasteiger partial charge in [0.2, 0.25) is 15.7 Å². The number of sulfonamides is 1. The number of benzene rings is 2. The average molecular weight is 932 g/mol. The molecule has 0 spiro atoms. The standard InChI is InChI=1S/C39H55N3O15S4/c1-38(18-9-25-58(45,46)40-20-23-56-3)31-27-29(60(50,51)52)14-16-33(31)41(21-7-5-6-13-37(43)44)35(38)11-8-12-36-39(2,19-10-26-59(47,48)49)32-28-30(61(53,54)55)15-17-34(32)42(36)22-24-57-4/h8,11-12,14-17,27-28,40H,5-7,9-10,13,18-26H2,1-4H3,(H3-,43,44,47,48,49,50,51,52,53,54,55)/p-2. The van der Waals surface area contributed by atoms with Gasteiger partial charge in [0.15, 0.2) is 5.71 Å². The van der Waals surface area contributed by atoms with Gasteiger partial charge >= 0.3 is 5.97 Å². The van der Waals surface area contributed by atoms with E-state index in [2.05, 4.69) is 4.72 Å². The molecule has 18 nitrogen and oxygen atoms in total. The highest BCUT2D eigenvalue weighted by Gasteiger charge is 2.48. The van der Waals surface area contributed by atoms with E-state index in [1.54, 1.807) is 25.2 Å². The first-order valence-electron chi connectivity index (χ1n) is 19.5. The summed E-state index contributed by atoms with van der Waals surface area (Å²) in [5.74, 6) is -1.93. The van der Waals surface area contributed by atoms with E-state index in [0.717, 1.165) is 0 Å². The van der Waals surface area contributed by atoms with Crippen molar-refractivity contribution < 1.29 is 71.3 Å². The van der Waals surface area contributed by atoms with Crippen LogP contribution in [-0.2, 0) is 65.5 Å².